The van der Waals surface area contributed by atoms with Crippen LogP contribution in [0.1, 0.15) is 150 Å². The van der Waals surface area contributed by atoms with E-state index in [0.29, 0.717) is 6.67 Å². The second-order valence-corrected chi connectivity index (χ2v) is 25.2. The Kier molecular flexibility index (Phi) is 12.3. The number of allylic oxidation sites excluding steroid dienone is 1. The van der Waals surface area contributed by atoms with Gasteiger partial charge in [0.05, 0.1) is 17.7 Å². The Balaban J connectivity index is 1.21. The van der Waals surface area contributed by atoms with Gasteiger partial charge in [-0.15, -0.1) is 0 Å². The van der Waals surface area contributed by atoms with Crippen LogP contribution in [0.2, 0.25) is 0 Å². The standard InChI is InChI=1S/C66H76N4O/c1-61(2,3)47-33-48(62(4,5)6)35-51(34-47)69-43-68(42-58(69)64(10,11)12)50-36-49(66(15,16)45-27-21-18-22-28-45)37-52(39-50)71-53-40-55(63(7,8)9)60-54-29-23-24-30-56(54)70(57(60)41-53)59-38-46(31-32-67-59)65(13,14)44-25-19-17-20-26-44/h17-42H,43H2,1-16H3. The molecule has 0 aliphatic carbocycles. The van der Waals surface area contributed by atoms with Crippen LogP contribution in [0.25, 0.3) is 27.6 Å². The molecular weight excluding hydrogens is 865 g/mol. The van der Waals surface area contributed by atoms with Crippen molar-refractivity contribution >= 4 is 33.2 Å². The van der Waals surface area contributed by atoms with Crippen LogP contribution in [0.4, 0.5) is 11.4 Å². The largest absolute Gasteiger partial charge is 0.457 e. The molecule has 0 spiro atoms. The highest BCUT2D eigenvalue weighted by Crippen LogP contribution is 2.46. The molecule has 5 heteroatoms. The summed E-state index contributed by atoms with van der Waals surface area (Å²) in [6, 6.07) is 53.5. The van der Waals surface area contributed by atoms with Crippen LogP contribution in [0.15, 0.2) is 164 Å². The fourth-order valence-corrected chi connectivity index (χ4v) is 10.3. The van der Waals surface area contributed by atoms with Crippen molar-refractivity contribution in [1.29, 1.82) is 0 Å². The van der Waals surface area contributed by atoms with Crippen molar-refractivity contribution in [2.24, 2.45) is 5.41 Å². The van der Waals surface area contributed by atoms with Gasteiger partial charge in [-0.2, -0.15) is 0 Å². The van der Waals surface area contributed by atoms with Gasteiger partial charge in [0, 0.05) is 68.6 Å². The minimum Gasteiger partial charge on any atom is -0.457 e. The minimum atomic E-state index is -0.328. The highest BCUT2D eigenvalue weighted by Gasteiger charge is 2.35. The highest BCUT2D eigenvalue weighted by atomic mass is 16.5. The molecule has 1 aliphatic rings. The lowest BCUT2D eigenvalue weighted by Crippen LogP contribution is -2.31. The Morgan fingerprint density at radius 2 is 0.986 bits per heavy atom. The van der Waals surface area contributed by atoms with E-state index in [1.165, 1.54) is 61.1 Å². The molecule has 6 aromatic carbocycles. The molecule has 0 saturated heterocycles. The Labute approximate surface area is 425 Å². The Morgan fingerprint density at radius 3 is 1.56 bits per heavy atom. The number of hydrogen-bond acceptors (Lipinski definition) is 4. The zero-order valence-corrected chi connectivity index (χ0v) is 45.4. The van der Waals surface area contributed by atoms with E-state index >= 15 is 0 Å². The molecule has 0 radical (unpaired) electrons. The predicted molar refractivity (Wildman–Crippen MR) is 302 cm³/mol. The molecule has 0 atom stereocenters. The maximum Gasteiger partial charge on any atom is 0.137 e. The van der Waals surface area contributed by atoms with E-state index in [-0.39, 0.29) is 32.5 Å². The zero-order chi connectivity index (χ0) is 51.1. The maximum atomic E-state index is 7.33. The smallest absolute Gasteiger partial charge is 0.137 e. The van der Waals surface area contributed by atoms with Crippen molar-refractivity contribution in [3.8, 4) is 17.3 Å². The molecule has 0 saturated carbocycles. The van der Waals surface area contributed by atoms with Crippen LogP contribution >= 0.6 is 0 Å². The molecule has 9 rings (SSSR count). The summed E-state index contributed by atoms with van der Waals surface area (Å²) in [6.07, 6.45) is 4.34. The van der Waals surface area contributed by atoms with Gasteiger partial charge in [0.15, 0.2) is 0 Å². The van der Waals surface area contributed by atoms with Crippen molar-refractivity contribution < 1.29 is 4.74 Å². The van der Waals surface area contributed by atoms with Crippen LogP contribution < -0.4 is 14.5 Å². The second-order valence-electron chi connectivity index (χ2n) is 25.2. The summed E-state index contributed by atoms with van der Waals surface area (Å²) in [5.41, 5.74) is 13.7. The molecule has 2 aromatic heterocycles. The van der Waals surface area contributed by atoms with Gasteiger partial charge in [0.2, 0.25) is 0 Å². The number of rotatable bonds is 9. The molecule has 71 heavy (non-hydrogen) atoms. The average Bonchev–Trinajstić information content (AvgIpc) is 3.92. The van der Waals surface area contributed by atoms with Crippen LogP contribution in [0.5, 0.6) is 11.5 Å². The molecule has 366 valence electrons. The topological polar surface area (TPSA) is 33.5 Å². The molecule has 5 nitrogen and oxygen atoms in total. The average molecular weight is 941 g/mol. The fourth-order valence-electron chi connectivity index (χ4n) is 10.3. The van der Waals surface area contributed by atoms with E-state index in [1.807, 2.05) is 6.20 Å². The van der Waals surface area contributed by atoms with Crippen LogP contribution in [0.3, 0.4) is 0 Å². The quantitative estimate of drug-likeness (QED) is 0.144. The second kappa shape index (κ2) is 17.6. The first-order valence-electron chi connectivity index (χ1n) is 25.6. The third kappa shape index (κ3) is 9.53. The van der Waals surface area contributed by atoms with Gasteiger partial charge in [0.25, 0.3) is 0 Å². The lowest BCUT2D eigenvalue weighted by Gasteiger charge is -2.34. The van der Waals surface area contributed by atoms with Crippen molar-refractivity contribution in [2.75, 3.05) is 16.5 Å². The lowest BCUT2D eigenvalue weighted by molar-refractivity contribution is 0.477. The van der Waals surface area contributed by atoms with Crippen molar-refractivity contribution in [2.45, 2.75) is 138 Å². The summed E-state index contributed by atoms with van der Waals surface area (Å²) >= 11 is 0. The Hall–Kier alpha value is -6.59. The first kappa shape index (κ1) is 49.4. The van der Waals surface area contributed by atoms with Gasteiger partial charge in [0.1, 0.15) is 17.3 Å². The van der Waals surface area contributed by atoms with Crippen LogP contribution in [-0.2, 0) is 27.1 Å². The number of pyridine rings is 1. The predicted octanol–water partition coefficient (Wildman–Crippen LogP) is 17.7. The van der Waals surface area contributed by atoms with E-state index in [1.54, 1.807) is 0 Å². The SMILES string of the molecule is CC(C)(C)C1=CN(c2cc(Oc3cc(C(C)(C)C)c4c5ccccc5n(-c5cc(C(C)(C)c6ccccc6)ccn5)c4c3)cc(C(C)(C)c3ccccc3)c2)CN1c1cc(C(C)(C)C)cc(C(C)(C)C)c1. The van der Waals surface area contributed by atoms with Crippen molar-refractivity contribution in [3.63, 3.8) is 0 Å². The number of aromatic nitrogens is 2. The van der Waals surface area contributed by atoms with E-state index in [9.17, 15) is 0 Å². The Morgan fingerprint density at radius 1 is 0.437 bits per heavy atom. The number of fused-ring (bicyclic) bond motifs is 3. The number of nitrogens with zero attached hydrogens (tertiary/aromatic N) is 4. The number of ether oxygens (including phenoxy) is 1. The van der Waals surface area contributed by atoms with Crippen LogP contribution in [0, 0.1) is 5.41 Å². The monoisotopic (exact) mass is 941 g/mol. The summed E-state index contributed by atoms with van der Waals surface area (Å²) in [7, 11) is 0. The highest BCUT2D eigenvalue weighted by molar-refractivity contribution is 6.11. The molecule has 0 unspecified atom stereocenters. The molecule has 0 fully saturated rings. The van der Waals surface area contributed by atoms with Crippen molar-refractivity contribution in [1.82, 2.24) is 9.55 Å². The number of benzene rings is 6. The normalized spacial score (nSPS) is 14.2. The summed E-state index contributed by atoms with van der Waals surface area (Å²) in [5.74, 6) is 2.46. The summed E-state index contributed by atoms with van der Waals surface area (Å²) in [6.45, 7) is 37.7. The molecule has 1 aliphatic heterocycles. The van der Waals surface area contributed by atoms with E-state index in [4.69, 9.17) is 9.72 Å². The molecule has 0 N–H and O–H groups in total. The van der Waals surface area contributed by atoms with Crippen molar-refractivity contribution in [3.05, 3.63) is 203 Å². The maximum absolute atomic E-state index is 7.33. The fraction of sp³-hybridized carbons (Fsp3) is 0.348. The number of anilines is 2. The van der Waals surface area contributed by atoms with E-state index in [0.717, 1.165) is 34.0 Å². The van der Waals surface area contributed by atoms with Gasteiger partial charge >= 0.3 is 0 Å². The van der Waals surface area contributed by atoms with Gasteiger partial charge < -0.3 is 14.5 Å². The van der Waals surface area contributed by atoms with E-state index < -0.39 is 0 Å². The lowest BCUT2D eigenvalue weighted by atomic mass is 9.78. The first-order valence-corrected chi connectivity index (χ1v) is 25.6. The minimum absolute atomic E-state index is 0.00527. The summed E-state index contributed by atoms with van der Waals surface area (Å²) in [4.78, 5) is 10.1. The summed E-state index contributed by atoms with van der Waals surface area (Å²) in [5, 5.41) is 2.42. The molecule has 0 amide bonds. The zero-order valence-electron chi connectivity index (χ0n) is 45.4. The molecule has 8 aromatic rings. The molecule has 0 bridgehead atoms. The summed E-state index contributed by atoms with van der Waals surface area (Å²) < 4.78 is 9.68. The van der Waals surface area contributed by atoms with Gasteiger partial charge in [-0.05, 0) is 104 Å². The van der Waals surface area contributed by atoms with E-state index in [2.05, 4.69) is 277 Å². The Bertz CT molecular complexity index is 3260. The number of para-hydroxylation sites is 1. The van der Waals surface area contributed by atoms with Gasteiger partial charge in [-0.1, -0.05) is 196 Å². The third-order valence-electron chi connectivity index (χ3n) is 15.0. The molecule has 3 heterocycles. The molecular formula is C66H76N4O. The first-order chi connectivity index (χ1) is 33.2. The number of hydrogen-bond donors (Lipinski definition) is 0. The third-order valence-corrected chi connectivity index (χ3v) is 15.0. The van der Waals surface area contributed by atoms with Crippen LogP contribution in [-0.4, -0.2) is 16.2 Å². The van der Waals surface area contributed by atoms with Gasteiger partial charge in [-0.25, -0.2) is 4.98 Å². The van der Waals surface area contributed by atoms with Gasteiger partial charge in [-0.3, -0.25) is 4.57 Å².